The van der Waals surface area contributed by atoms with Crippen LogP contribution in [0.4, 0.5) is 5.82 Å². The Hall–Kier alpha value is -2.30. The second-order valence-corrected chi connectivity index (χ2v) is 5.42. The average Bonchev–Trinajstić information content (AvgIpc) is 2.54. The molecule has 2 heterocycles. The van der Waals surface area contributed by atoms with Crippen molar-refractivity contribution >= 4 is 5.82 Å². The molecular formula is C16H17N3O2. The molecule has 0 spiro atoms. The number of ether oxygens (including phenoxy) is 2. The van der Waals surface area contributed by atoms with Gasteiger partial charge in [0.1, 0.15) is 19.0 Å². The first-order valence-corrected chi connectivity index (χ1v) is 7.36. The molecule has 0 amide bonds. The Balaban J connectivity index is 1.78. The van der Waals surface area contributed by atoms with Crippen LogP contribution in [0.2, 0.25) is 0 Å². The second kappa shape index (κ2) is 4.91. The van der Waals surface area contributed by atoms with Crippen molar-refractivity contribution in [3.05, 3.63) is 29.5 Å². The summed E-state index contributed by atoms with van der Waals surface area (Å²) in [6, 6.07) is 5.79. The molecule has 21 heavy (non-hydrogen) atoms. The van der Waals surface area contributed by atoms with Crippen LogP contribution in [0, 0.1) is 0 Å². The van der Waals surface area contributed by atoms with Gasteiger partial charge in [0, 0.05) is 16.8 Å². The van der Waals surface area contributed by atoms with Crippen molar-refractivity contribution < 1.29 is 9.47 Å². The number of nitrogens with zero attached hydrogens (tertiary/aromatic N) is 2. The molecule has 5 nitrogen and oxygen atoms in total. The molecule has 0 unspecified atom stereocenters. The van der Waals surface area contributed by atoms with Crippen LogP contribution in [0.15, 0.2) is 18.2 Å². The highest BCUT2D eigenvalue weighted by Crippen LogP contribution is 2.34. The lowest BCUT2D eigenvalue weighted by atomic mass is 9.96. The molecule has 2 N–H and O–H groups in total. The number of aryl methyl sites for hydroxylation is 1. The lowest BCUT2D eigenvalue weighted by Gasteiger charge is -2.20. The normalized spacial score (nSPS) is 16.4. The minimum atomic E-state index is 0.573. The molecule has 0 bridgehead atoms. The molecule has 0 fully saturated rings. The topological polar surface area (TPSA) is 70.3 Å². The number of anilines is 1. The van der Waals surface area contributed by atoms with Gasteiger partial charge in [0.25, 0.3) is 0 Å². The molecule has 2 aliphatic rings. The van der Waals surface area contributed by atoms with Crippen molar-refractivity contribution in [1.29, 1.82) is 0 Å². The molecule has 1 aliphatic carbocycles. The molecule has 1 aromatic carbocycles. The SMILES string of the molecule is Nc1nc(-c2ccc3c(c2)OCCO3)nc2c1CCCC2. The van der Waals surface area contributed by atoms with E-state index in [4.69, 9.17) is 20.2 Å². The molecule has 5 heteroatoms. The highest BCUT2D eigenvalue weighted by molar-refractivity contribution is 5.63. The summed E-state index contributed by atoms with van der Waals surface area (Å²) in [7, 11) is 0. The number of nitrogens with two attached hydrogens (primary N) is 1. The average molecular weight is 283 g/mol. The summed E-state index contributed by atoms with van der Waals surface area (Å²) in [5.74, 6) is 2.81. The first kappa shape index (κ1) is 12.4. The van der Waals surface area contributed by atoms with Gasteiger partial charge in [-0.2, -0.15) is 0 Å². The fourth-order valence-electron chi connectivity index (χ4n) is 2.93. The maximum absolute atomic E-state index is 6.11. The van der Waals surface area contributed by atoms with Gasteiger partial charge in [-0.25, -0.2) is 9.97 Å². The standard InChI is InChI=1S/C16H17N3O2/c17-15-11-3-1-2-4-12(11)18-16(19-15)10-5-6-13-14(9-10)21-8-7-20-13/h5-6,9H,1-4,7-8H2,(H2,17,18,19). The van der Waals surface area contributed by atoms with Crippen molar-refractivity contribution in [2.24, 2.45) is 0 Å². The highest BCUT2D eigenvalue weighted by Gasteiger charge is 2.18. The van der Waals surface area contributed by atoms with Gasteiger partial charge in [-0.15, -0.1) is 0 Å². The van der Waals surface area contributed by atoms with E-state index in [1.165, 1.54) is 12.8 Å². The molecule has 1 aliphatic heterocycles. The van der Waals surface area contributed by atoms with E-state index in [9.17, 15) is 0 Å². The lowest BCUT2D eigenvalue weighted by molar-refractivity contribution is 0.171. The van der Waals surface area contributed by atoms with Gasteiger partial charge in [-0.3, -0.25) is 0 Å². The first-order chi connectivity index (χ1) is 10.3. The van der Waals surface area contributed by atoms with Crippen LogP contribution < -0.4 is 15.2 Å². The summed E-state index contributed by atoms with van der Waals surface area (Å²) in [4.78, 5) is 9.18. The summed E-state index contributed by atoms with van der Waals surface area (Å²) in [5, 5.41) is 0. The van der Waals surface area contributed by atoms with Gasteiger partial charge in [0.05, 0.1) is 0 Å². The molecule has 0 atom stereocenters. The van der Waals surface area contributed by atoms with E-state index in [2.05, 4.69) is 4.98 Å². The second-order valence-electron chi connectivity index (χ2n) is 5.42. The van der Waals surface area contributed by atoms with E-state index in [-0.39, 0.29) is 0 Å². The minimum Gasteiger partial charge on any atom is -0.486 e. The van der Waals surface area contributed by atoms with Crippen molar-refractivity contribution in [2.75, 3.05) is 18.9 Å². The van der Waals surface area contributed by atoms with Gasteiger partial charge in [-0.05, 0) is 43.9 Å². The summed E-state index contributed by atoms with van der Waals surface area (Å²) < 4.78 is 11.2. The van der Waals surface area contributed by atoms with Crippen LogP contribution in [0.5, 0.6) is 11.5 Å². The van der Waals surface area contributed by atoms with E-state index in [0.717, 1.165) is 41.2 Å². The highest BCUT2D eigenvalue weighted by atomic mass is 16.6. The van der Waals surface area contributed by atoms with Crippen LogP contribution in [-0.4, -0.2) is 23.2 Å². The predicted molar refractivity (Wildman–Crippen MR) is 79.5 cm³/mol. The fourth-order valence-corrected chi connectivity index (χ4v) is 2.93. The van der Waals surface area contributed by atoms with Crippen molar-refractivity contribution in [1.82, 2.24) is 9.97 Å². The number of rotatable bonds is 1. The first-order valence-electron chi connectivity index (χ1n) is 7.36. The Morgan fingerprint density at radius 3 is 2.67 bits per heavy atom. The van der Waals surface area contributed by atoms with Crippen LogP contribution in [0.3, 0.4) is 0 Å². The number of hydrogen-bond acceptors (Lipinski definition) is 5. The summed E-state index contributed by atoms with van der Waals surface area (Å²) in [6.07, 6.45) is 4.32. The van der Waals surface area contributed by atoms with E-state index in [1.54, 1.807) is 0 Å². The zero-order valence-corrected chi connectivity index (χ0v) is 11.8. The Kier molecular flexibility index (Phi) is 2.91. The largest absolute Gasteiger partial charge is 0.486 e. The summed E-state index contributed by atoms with van der Waals surface area (Å²) in [6.45, 7) is 1.16. The quantitative estimate of drug-likeness (QED) is 0.870. The molecule has 108 valence electrons. The minimum absolute atomic E-state index is 0.573. The van der Waals surface area contributed by atoms with Gasteiger partial charge in [0.2, 0.25) is 0 Å². The number of benzene rings is 1. The number of nitrogen functional groups attached to an aromatic ring is 1. The van der Waals surface area contributed by atoms with Crippen molar-refractivity contribution in [3.8, 4) is 22.9 Å². The molecule has 0 radical (unpaired) electrons. The van der Waals surface area contributed by atoms with Crippen molar-refractivity contribution in [2.45, 2.75) is 25.7 Å². The number of fused-ring (bicyclic) bond motifs is 2. The Labute approximate surface area is 123 Å². The molecular weight excluding hydrogens is 266 g/mol. The summed E-state index contributed by atoms with van der Waals surface area (Å²) in [5.41, 5.74) is 9.25. The zero-order valence-electron chi connectivity index (χ0n) is 11.8. The molecule has 0 saturated carbocycles. The van der Waals surface area contributed by atoms with Crippen molar-refractivity contribution in [3.63, 3.8) is 0 Å². The van der Waals surface area contributed by atoms with Crippen LogP contribution in [-0.2, 0) is 12.8 Å². The molecule has 2 aromatic rings. The third-order valence-electron chi connectivity index (χ3n) is 4.02. The Bertz CT molecular complexity index is 700. The zero-order chi connectivity index (χ0) is 14.2. The van der Waals surface area contributed by atoms with E-state index in [0.29, 0.717) is 24.9 Å². The Morgan fingerprint density at radius 2 is 1.76 bits per heavy atom. The number of hydrogen-bond donors (Lipinski definition) is 1. The van der Waals surface area contributed by atoms with Crippen LogP contribution >= 0.6 is 0 Å². The monoisotopic (exact) mass is 283 g/mol. The van der Waals surface area contributed by atoms with Crippen LogP contribution in [0.1, 0.15) is 24.1 Å². The van der Waals surface area contributed by atoms with E-state index < -0.39 is 0 Å². The van der Waals surface area contributed by atoms with E-state index >= 15 is 0 Å². The molecule has 0 saturated heterocycles. The maximum atomic E-state index is 6.11. The fraction of sp³-hybridized carbons (Fsp3) is 0.375. The third-order valence-corrected chi connectivity index (χ3v) is 4.02. The van der Waals surface area contributed by atoms with E-state index in [1.807, 2.05) is 18.2 Å². The van der Waals surface area contributed by atoms with Gasteiger partial charge in [0.15, 0.2) is 17.3 Å². The maximum Gasteiger partial charge on any atom is 0.162 e. The predicted octanol–water partition coefficient (Wildman–Crippen LogP) is 2.38. The lowest BCUT2D eigenvalue weighted by Crippen LogP contribution is -2.15. The van der Waals surface area contributed by atoms with Gasteiger partial charge >= 0.3 is 0 Å². The van der Waals surface area contributed by atoms with Crippen LogP contribution in [0.25, 0.3) is 11.4 Å². The van der Waals surface area contributed by atoms with Gasteiger partial charge in [-0.1, -0.05) is 0 Å². The molecule has 1 aromatic heterocycles. The van der Waals surface area contributed by atoms with Gasteiger partial charge < -0.3 is 15.2 Å². The summed E-state index contributed by atoms with van der Waals surface area (Å²) >= 11 is 0. The third kappa shape index (κ3) is 2.18. The molecule has 4 rings (SSSR count). The Morgan fingerprint density at radius 1 is 0.952 bits per heavy atom. The smallest absolute Gasteiger partial charge is 0.162 e. The number of aromatic nitrogens is 2.